The predicted octanol–water partition coefficient (Wildman–Crippen LogP) is 1.63. The summed E-state index contributed by atoms with van der Waals surface area (Å²) in [7, 11) is 0. The minimum Gasteiger partial charge on any atom is -0.508 e. The molecule has 0 aliphatic rings. The SMILES string of the molecule is CCOC(=O)CCNC(=O)C(c1cccc(O)c1)N(C(=O)C(CO)NC(=O)OC(C)(C)C)C(C)C. The molecular weight excluding hydrogens is 458 g/mol. The monoisotopic (exact) mass is 495 g/mol. The van der Waals surface area contributed by atoms with Gasteiger partial charge in [-0.05, 0) is 59.2 Å². The molecule has 0 spiro atoms. The number of ether oxygens (including phenoxy) is 2. The van der Waals surface area contributed by atoms with Gasteiger partial charge in [0.25, 0.3) is 0 Å². The van der Waals surface area contributed by atoms with Crippen molar-refractivity contribution < 1.29 is 38.9 Å². The average Bonchev–Trinajstić information content (AvgIpc) is 2.73. The molecule has 0 aromatic heterocycles. The lowest BCUT2D eigenvalue weighted by molar-refractivity contribution is -0.146. The summed E-state index contributed by atoms with van der Waals surface area (Å²) in [4.78, 5) is 51.8. The Bertz CT molecular complexity index is 882. The molecule has 0 bridgehead atoms. The number of aromatic hydroxyl groups is 1. The maximum Gasteiger partial charge on any atom is 0.408 e. The number of phenolic OH excluding ortho intramolecular Hbond substituents is 1. The number of aliphatic hydroxyl groups is 1. The van der Waals surface area contributed by atoms with Gasteiger partial charge in [-0.3, -0.25) is 14.4 Å². The highest BCUT2D eigenvalue weighted by atomic mass is 16.6. The fourth-order valence-electron chi connectivity index (χ4n) is 3.25. The minimum atomic E-state index is -1.39. The van der Waals surface area contributed by atoms with Crippen LogP contribution in [-0.2, 0) is 23.9 Å². The van der Waals surface area contributed by atoms with Crippen LogP contribution in [0.3, 0.4) is 0 Å². The maximum absolute atomic E-state index is 13.5. The molecule has 0 saturated carbocycles. The highest BCUT2D eigenvalue weighted by molar-refractivity contribution is 5.92. The highest BCUT2D eigenvalue weighted by Crippen LogP contribution is 2.27. The van der Waals surface area contributed by atoms with Crippen molar-refractivity contribution >= 4 is 23.9 Å². The Morgan fingerprint density at radius 3 is 2.31 bits per heavy atom. The summed E-state index contributed by atoms with van der Waals surface area (Å²) in [6.07, 6.45) is -0.970. The highest BCUT2D eigenvalue weighted by Gasteiger charge is 2.37. The van der Waals surface area contributed by atoms with Crippen LogP contribution in [-0.4, -0.2) is 76.4 Å². The van der Waals surface area contributed by atoms with E-state index in [-0.39, 0.29) is 25.3 Å². The molecule has 2 unspecified atom stereocenters. The van der Waals surface area contributed by atoms with Crippen LogP contribution in [0.2, 0.25) is 0 Å². The van der Waals surface area contributed by atoms with Gasteiger partial charge in [-0.2, -0.15) is 0 Å². The van der Waals surface area contributed by atoms with Crippen molar-refractivity contribution in [3.63, 3.8) is 0 Å². The van der Waals surface area contributed by atoms with E-state index in [0.29, 0.717) is 5.56 Å². The van der Waals surface area contributed by atoms with Gasteiger partial charge in [0.1, 0.15) is 23.4 Å². The van der Waals surface area contributed by atoms with Gasteiger partial charge in [0, 0.05) is 12.6 Å². The normalized spacial score (nSPS) is 12.9. The van der Waals surface area contributed by atoms with Crippen molar-refractivity contribution in [3.05, 3.63) is 29.8 Å². The second kappa shape index (κ2) is 13.5. The largest absolute Gasteiger partial charge is 0.508 e. The Hall–Kier alpha value is -3.34. The summed E-state index contributed by atoms with van der Waals surface area (Å²) < 4.78 is 10.0. The summed E-state index contributed by atoms with van der Waals surface area (Å²) in [6.45, 7) is 9.41. The zero-order chi connectivity index (χ0) is 26.8. The first-order valence-electron chi connectivity index (χ1n) is 11.5. The van der Waals surface area contributed by atoms with E-state index in [1.54, 1.807) is 47.6 Å². The van der Waals surface area contributed by atoms with E-state index >= 15 is 0 Å². The number of nitrogens with one attached hydrogen (secondary N) is 2. The van der Waals surface area contributed by atoms with Gasteiger partial charge >= 0.3 is 12.1 Å². The molecule has 0 fully saturated rings. The minimum absolute atomic E-state index is 0.0350. The number of alkyl carbamates (subject to hydrolysis) is 1. The van der Waals surface area contributed by atoms with Crippen LogP contribution in [0, 0.1) is 0 Å². The molecule has 0 heterocycles. The van der Waals surface area contributed by atoms with Crippen LogP contribution >= 0.6 is 0 Å². The standard InChI is InChI=1S/C24H37N3O8/c1-7-34-19(30)11-12-25-21(31)20(16-9-8-10-17(29)13-16)27(15(2)3)22(32)18(14-28)26-23(33)35-24(4,5)6/h8-10,13,15,18,20,28-29H,7,11-12,14H2,1-6H3,(H,25,31)(H,26,33). The van der Waals surface area contributed by atoms with Gasteiger partial charge in [-0.15, -0.1) is 0 Å². The maximum atomic E-state index is 13.5. The second-order valence-electron chi connectivity index (χ2n) is 9.06. The van der Waals surface area contributed by atoms with Crippen LogP contribution in [0.25, 0.3) is 0 Å². The van der Waals surface area contributed by atoms with E-state index < -0.39 is 54.2 Å². The van der Waals surface area contributed by atoms with E-state index in [1.807, 2.05) is 0 Å². The Balaban J connectivity index is 3.26. The molecule has 4 N–H and O–H groups in total. The number of hydrogen-bond acceptors (Lipinski definition) is 8. The summed E-state index contributed by atoms with van der Waals surface area (Å²) >= 11 is 0. The molecule has 1 aromatic rings. The van der Waals surface area contributed by atoms with Gasteiger partial charge in [0.15, 0.2) is 0 Å². The molecule has 11 heteroatoms. The number of aliphatic hydroxyl groups excluding tert-OH is 1. The van der Waals surface area contributed by atoms with Gasteiger partial charge < -0.3 is 35.2 Å². The summed E-state index contributed by atoms with van der Waals surface area (Å²) in [6, 6.07) is 2.67. The molecule has 0 saturated heterocycles. The Labute approximate surface area is 205 Å². The van der Waals surface area contributed by atoms with Crippen LogP contribution in [0.15, 0.2) is 24.3 Å². The lowest BCUT2D eigenvalue weighted by Gasteiger charge is -2.36. The number of carbonyl (C=O) groups is 4. The first-order valence-corrected chi connectivity index (χ1v) is 11.5. The molecule has 0 aliphatic heterocycles. The number of esters is 1. The third-order valence-corrected chi connectivity index (χ3v) is 4.63. The predicted molar refractivity (Wildman–Crippen MR) is 127 cm³/mol. The average molecular weight is 496 g/mol. The molecule has 196 valence electrons. The lowest BCUT2D eigenvalue weighted by atomic mass is 10.0. The topological polar surface area (TPSA) is 154 Å². The fraction of sp³-hybridized carbons (Fsp3) is 0.583. The van der Waals surface area contributed by atoms with Gasteiger partial charge in [0.2, 0.25) is 11.8 Å². The number of rotatable bonds is 11. The molecule has 11 nitrogen and oxygen atoms in total. The zero-order valence-electron chi connectivity index (χ0n) is 21.2. The number of hydrogen-bond donors (Lipinski definition) is 4. The zero-order valence-corrected chi connectivity index (χ0v) is 21.2. The van der Waals surface area contributed by atoms with Crippen LogP contribution in [0.4, 0.5) is 4.79 Å². The molecular formula is C24H37N3O8. The van der Waals surface area contributed by atoms with Gasteiger partial charge in [0.05, 0.1) is 19.6 Å². The Morgan fingerprint density at radius 2 is 1.80 bits per heavy atom. The lowest BCUT2D eigenvalue weighted by Crippen LogP contribution is -2.56. The van der Waals surface area contributed by atoms with Crippen molar-refractivity contribution in [1.82, 2.24) is 15.5 Å². The summed E-state index contributed by atoms with van der Waals surface area (Å²) in [5.41, 5.74) is -0.525. The van der Waals surface area contributed by atoms with Crippen LogP contribution in [0.1, 0.15) is 59.6 Å². The third kappa shape index (κ3) is 9.81. The van der Waals surface area contributed by atoms with Crippen molar-refractivity contribution in [2.45, 2.75) is 71.7 Å². The van der Waals surface area contributed by atoms with E-state index in [9.17, 15) is 29.4 Å². The first kappa shape index (κ1) is 29.7. The first-order chi connectivity index (χ1) is 16.3. The molecule has 1 aromatic carbocycles. The number of carbonyl (C=O) groups excluding carboxylic acids is 4. The fourth-order valence-corrected chi connectivity index (χ4v) is 3.25. The molecule has 35 heavy (non-hydrogen) atoms. The van der Waals surface area contributed by atoms with E-state index in [4.69, 9.17) is 9.47 Å². The number of benzene rings is 1. The van der Waals surface area contributed by atoms with Crippen molar-refractivity contribution in [2.75, 3.05) is 19.8 Å². The molecule has 1 rings (SSSR count). The molecule has 0 radical (unpaired) electrons. The van der Waals surface area contributed by atoms with Crippen molar-refractivity contribution in [2.24, 2.45) is 0 Å². The van der Waals surface area contributed by atoms with E-state index in [2.05, 4.69) is 10.6 Å². The quantitative estimate of drug-likeness (QED) is 0.338. The summed E-state index contributed by atoms with van der Waals surface area (Å²) in [5, 5.41) is 24.8. The molecule has 0 aliphatic carbocycles. The van der Waals surface area contributed by atoms with Crippen molar-refractivity contribution in [1.29, 1.82) is 0 Å². The Morgan fingerprint density at radius 1 is 1.14 bits per heavy atom. The van der Waals surface area contributed by atoms with E-state index in [0.717, 1.165) is 0 Å². The second-order valence-corrected chi connectivity index (χ2v) is 9.06. The number of nitrogens with zero attached hydrogens (tertiary/aromatic N) is 1. The number of amides is 3. The molecule has 2 atom stereocenters. The van der Waals surface area contributed by atoms with Crippen molar-refractivity contribution in [3.8, 4) is 5.75 Å². The summed E-state index contributed by atoms with van der Waals surface area (Å²) in [5.74, 6) is -1.95. The Kier molecular flexibility index (Phi) is 11.5. The number of phenols is 1. The van der Waals surface area contributed by atoms with Gasteiger partial charge in [-0.1, -0.05) is 12.1 Å². The van der Waals surface area contributed by atoms with Gasteiger partial charge in [-0.25, -0.2) is 4.79 Å². The smallest absolute Gasteiger partial charge is 0.408 e. The van der Waals surface area contributed by atoms with Crippen LogP contribution < -0.4 is 10.6 Å². The molecule has 3 amide bonds. The van der Waals surface area contributed by atoms with Crippen LogP contribution in [0.5, 0.6) is 5.75 Å². The third-order valence-electron chi connectivity index (χ3n) is 4.63. The van der Waals surface area contributed by atoms with E-state index in [1.165, 1.54) is 23.1 Å².